The lowest BCUT2D eigenvalue weighted by Crippen LogP contribution is -2.34. The maximum atomic E-state index is 12.8. The first-order valence-corrected chi connectivity index (χ1v) is 9.84. The van der Waals surface area contributed by atoms with Crippen LogP contribution in [0.5, 0.6) is 17.2 Å². The van der Waals surface area contributed by atoms with Crippen molar-refractivity contribution < 1.29 is 24.2 Å². The normalized spacial score (nSPS) is 17.8. The minimum Gasteiger partial charge on any atom is -0.508 e. The number of carbonyl (C=O) groups is 2. The van der Waals surface area contributed by atoms with Crippen molar-refractivity contribution in [3.8, 4) is 17.2 Å². The van der Waals surface area contributed by atoms with Crippen LogP contribution in [0, 0.1) is 0 Å². The number of esters is 1. The molecular formula is C24H20N2O5. The lowest BCUT2D eigenvalue weighted by Gasteiger charge is -2.37. The SMILES string of the molecule is CNC(=O)CN(C)c1ccc2c(c1)Oc1cc(O)ccc1C21OC(=O)c2ccccc21. The van der Waals surface area contributed by atoms with Gasteiger partial charge in [0.25, 0.3) is 0 Å². The van der Waals surface area contributed by atoms with Crippen LogP contribution in [0.2, 0.25) is 0 Å². The van der Waals surface area contributed by atoms with Gasteiger partial charge in [-0.3, -0.25) is 4.79 Å². The molecule has 2 N–H and O–H groups in total. The molecule has 0 aromatic heterocycles. The van der Waals surface area contributed by atoms with E-state index in [9.17, 15) is 14.7 Å². The molecule has 5 rings (SSSR count). The second kappa shape index (κ2) is 6.77. The zero-order chi connectivity index (χ0) is 21.8. The fraction of sp³-hybridized carbons (Fsp3) is 0.167. The minimum absolute atomic E-state index is 0.0443. The summed E-state index contributed by atoms with van der Waals surface area (Å²) in [6, 6.07) is 17.6. The van der Waals surface area contributed by atoms with E-state index in [0.29, 0.717) is 28.2 Å². The van der Waals surface area contributed by atoms with Gasteiger partial charge in [-0.1, -0.05) is 18.2 Å². The third-order valence-electron chi connectivity index (χ3n) is 5.78. The van der Waals surface area contributed by atoms with E-state index in [1.165, 1.54) is 6.07 Å². The van der Waals surface area contributed by atoms with Crippen molar-refractivity contribution in [2.24, 2.45) is 0 Å². The van der Waals surface area contributed by atoms with Crippen molar-refractivity contribution in [2.75, 3.05) is 25.5 Å². The van der Waals surface area contributed by atoms with Gasteiger partial charge in [-0.2, -0.15) is 0 Å². The first-order chi connectivity index (χ1) is 14.9. The molecule has 7 heteroatoms. The van der Waals surface area contributed by atoms with Gasteiger partial charge in [-0.25, -0.2) is 4.79 Å². The Morgan fingerprint density at radius 3 is 2.52 bits per heavy atom. The van der Waals surface area contributed by atoms with Crippen molar-refractivity contribution in [1.29, 1.82) is 0 Å². The fourth-order valence-corrected chi connectivity index (χ4v) is 4.28. The molecule has 1 atom stereocenters. The molecule has 0 radical (unpaired) electrons. The van der Waals surface area contributed by atoms with Gasteiger partial charge in [0.1, 0.15) is 17.2 Å². The number of nitrogens with zero attached hydrogens (tertiary/aromatic N) is 1. The number of aromatic hydroxyl groups is 1. The van der Waals surface area contributed by atoms with Gasteiger partial charge in [0.15, 0.2) is 5.60 Å². The first-order valence-electron chi connectivity index (χ1n) is 9.84. The molecule has 3 aromatic rings. The lowest BCUT2D eigenvalue weighted by molar-refractivity contribution is -0.119. The third-order valence-corrected chi connectivity index (χ3v) is 5.78. The Labute approximate surface area is 178 Å². The van der Waals surface area contributed by atoms with Crippen molar-refractivity contribution >= 4 is 17.6 Å². The second-order valence-corrected chi connectivity index (χ2v) is 7.61. The number of hydrogen-bond donors (Lipinski definition) is 2. The summed E-state index contributed by atoms with van der Waals surface area (Å²) in [5.74, 6) is 0.407. The second-order valence-electron chi connectivity index (χ2n) is 7.61. The van der Waals surface area contributed by atoms with Crippen LogP contribution < -0.4 is 15.0 Å². The molecule has 2 heterocycles. The summed E-state index contributed by atoms with van der Waals surface area (Å²) >= 11 is 0. The molecular weight excluding hydrogens is 396 g/mol. The van der Waals surface area contributed by atoms with Crippen LogP contribution in [0.4, 0.5) is 5.69 Å². The summed E-state index contributed by atoms with van der Waals surface area (Å²) in [5.41, 5.74) is 2.13. The number of fused-ring (bicyclic) bond motifs is 6. The summed E-state index contributed by atoms with van der Waals surface area (Å²) in [7, 11) is 3.39. The van der Waals surface area contributed by atoms with Crippen LogP contribution in [-0.2, 0) is 15.1 Å². The molecule has 1 unspecified atom stereocenters. The Morgan fingerprint density at radius 2 is 1.74 bits per heavy atom. The van der Waals surface area contributed by atoms with E-state index in [-0.39, 0.29) is 18.2 Å². The van der Waals surface area contributed by atoms with Gasteiger partial charge in [0.05, 0.1) is 12.1 Å². The van der Waals surface area contributed by atoms with Crippen molar-refractivity contribution in [3.63, 3.8) is 0 Å². The van der Waals surface area contributed by atoms with Crippen LogP contribution in [-0.4, -0.2) is 37.6 Å². The monoisotopic (exact) mass is 416 g/mol. The van der Waals surface area contributed by atoms with E-state index in [1.807, 2.05) is 30.3 Å². The van der Waals surface area contributed by atoms with E-state index >= 15 is 0 Å². The van der Waals surface area contributed by atoms with Gasteiger partial charge in [0.2, 0.25) is 5.91 Å². The number of likely N-dealkylation sites (N-methyl/N-ethyl adjacent to an activating group) is 2. The van der Waals surface area contributed by atoms with E-state index in [0.717, 1.165) is 11.3 Å². The number of benzene rings is 3. The van der Waals surface area contributed by atoms with Gasteiger partial charge >= 0.3 is 5.97 Å². The van der Waals surface area contributed by atoms with Crippen LogP contribution in [0.3, 0.4) is 0 Å². The minimum atomic E-state index is -1.18. The number of amides is 1. The first kappa shape index (κ1) is 19.0. The smallest absolute Gasteiger partial charge is 0.340 e. The maximum Gasteiger partial charge on any atom is 0.340 e. The number of phenolic OH excluding ortho intramolecular Hbond substituents is 1. The summed E-state index contributed by atoms with van der Waals surface area (Å²) in [5, 5.41) is 12.6. The Balaban J connectivity index is 1.71. The molecule has 3 aromatic carbocycles. The Morgan fingerprint density at radius 1 is 1.03 bits per heavy atom. The Bertz CT molecular complexity index is 1240. The van der Waals surface area contributed by atoms with Crippen molar-refractivity contribution in [2.45, 2.75) is 5.60 Å². The third kappa shape index (κ3) is 2.73. The molecule has 0 saturated heterocycles. The van der Waals surface area contributed by atoms with Gasteiger partial charge in [-0.05, 0) is 30.3 Å². The predicted molar refractivity (Wildman–Crippen MR) is 114 cm³/mol. The molecule has 31 heavy (non-hydrogen) atoms. The quantitative estimate of drug-likeness (QED) is 0.638. The highest BCUT2D eigenvalue weighted by Crippen LogP contribution is 2.56. The predicted octanol–water partition coefficient (Wildman–Crippen LogP) is 3.14. The van der Waals surface area contributed by atoms with E-state index < -0.39 is 11.6 Å². The molecule has 156 valence electrons. The molecule has 0 saturated carbocycles. The molecule has 7 nitrogen and oxygen atoms in total. The number of carbonyl (C=O) groups excluding carboxylic acids is 2. The Hall–Kier alpha value is -4.00. The van der Waals surface area contributed by atoms with Gasteiger partial charge in [-0.15, -0.1) is 0 Å². The highest BCUT2D eigenvalue weighted by atomic mass is 16.6. The van der Waals surface area contributed by atoms with Crippen molar-refractivity contribution in [1.82, 2.24) is 5.32 Å². The number of rotatable bonds is 3. The molecule has 1 amide bonds. The number of nitrogens with one attached hydrogen (secondary N) is 1. The van der Waals surface area contributed by atoms with E-state index in [1.54, 1.807) is 43.3 Å². The van der Waals surface area contributed by atoms with Crippen LogP contribution >= 0.6 is 0 Å². The Kier molecular flexibility index (Phi) is 4.15. The zero-order valence-electron chi connectivity index (χ0n) is 17.0. The largest absolute Gasteiger partial charge is 0.508 e. The maximum absolute atomic E-state index is 12.8. The average molecular weight is 416 g/mol. The van der Waals surface area contributed by atoms with Crippen LogP contribution in [0.15, 0.2) is 60.7 Å². The standard InChI is InChI=1S/C24H20N2O5/c1-25-22(28)13-26(2)14-7-9-18-20(11-14)30-21-12-15(27)8-10-19(21)24(18)17-6-4-3-5-16(17)23(29)31-24/h3-12,27H,13H2,1-2H3,(H,25,28). The van der Waals surface area contributed by atoms with Crippen molar-refractivity contribution in [3.05, 3.63) is 82.9 Å². The zero-order valence-corrected chi connectivity index (χ0v) is 17.0. The number of anilines is 1. The number of phenols is 1. The molecule has 0 aliphatic carbocycles. The number of hydrogen-bond acceptors (Lipinski definition) is 6. The highest BCUT2D eigenvalue weighted by molar-refractivity contribution is 5.97. The summed E-state index contributed by atoms with van der Waals surface area (Å²) in [6.45, 7) is 0.176. The average Bonchev–Trinajstić information content (AvgIpc) is 3.06. The topological polar surface area (TPSA) is 88.1 Å². The summed E-state index contributed by atoms with van der Waals surface area (Å²) in [6.07, 6.45) is 0. The molecule has 2 aliphatic rings. The van der Waals surface area contributed by atoms with Crippen LogP contribution in [0.1, 0.15) is 27.0 Å². The fourth-order valence-electron chi connectivity index (χ4n) is 4.28. The molecule has 0 bridgehead atoms. The van der Waals surface area contributed by atoms with Crippen LogP contribution in [0.25, 0.3) is 0 Å². The summed E-state index contributed by atoms with van der Waals surface area (Å²) < 4.78 is 12.2. The summed E-state index contributed by atoms with van der Waals surface area (Å²) in [4.78, 5) is 26.4. The van der Waals surface area contributed by atoms with E-state index in [2.05, 4.69) is 5.32 Å². The van der Waals surface area contributed by atoms with Gasteiger partial charge in [0, 0.05) is 48.6 Å². The number of ether oxygens (including phenoxy) is 2. The molecule has 1 spiro atoms. The molecule has 2 aliphatic heterocycles. The highest BCUT2D eigenvalue weighted by Gasteiger charge is 2.53. The molecule has 0 fully saturated rings. The van der Waals surface area contributed by atoms with E-state index in [4.69, 9.17) is 9.47 Å². The lowest BCUT2D eigenvalue weighted by atomic mass is 9.77. The van der Waals surface area contributed by atoms with Gasteiger partial charge < -0.3 is 24.8 Å².